The van der Waals surface area contributed by atoms with Crippen LogP contribution in [0.3, 0.4) is 0 Å². The predicted octanol–water partition coefficient (Wildman–Crippen LogP) is 2.89. The number of nitrogens with one attached hydrogen (secondary N) is 2. The number of benzene rings is 1. The third kappa shape index (κ3) is 4.20. The first-order chi connectivity index (χ1) is 13.2. The summed E-state index contributed by atoms with van der Waals surface area (Å²) in [6.07, 6.45) is 2.20. The van der Waals surface area contributed by atoms with E-state index in [0.717, 1.165) is 28.7 Å². The minimum Gasteiger partial charge on any atom is -0.298 e. The van der Waals surface area contributed by atoms with Crippen LogP contribution in [-0.4, -0.2) is 32.3 Å². The predicted molar refractivity (Wildman–Crippen MR) is 104 cm³/mol. The van der Waals surface area contributed by atoms with E-state index < -0.39 is 0 Å². The SMILES string of the molecule is O=C(CSc1nnc(-c2cccs2)n1C1CC1)NNC(=O)c1ccccc1. The lowest BCUT2D eigenvalue weighted by Crippen LogP contribution is -2.42. The van der Waals surface area contributed by atoms with E-state index in [1.165, 1.54) is 11.8 Å². The molecular formula is C18H17N5O2S2. The maximum absolute atomic E-state index is 12.1. The number of nitrogens with zero attached hydrogens (tertiary/aromatic N) is 3. The van der Waals surface area contributed by atoms with Gasteiger partial charge in [-0.3, -0.25) is 25.0 Å². The topological polar surface area (TPSA) is 88.9 Å². The zero-order valence-electron chi connectivity index (χ0n) is 14.3. The lowest BCUT2D eigenvalue weighted by Gasteiger charge is -2.09. The fourth-order valence-electron chi connectivity index (χ4n) is 2.57. The lowest BCUT2D eigenvalue weighted by atomic mass is 10.2. The average Bonchev–Trinajstić information content (AvgIpc) is 3.22. The molecule has 0 saturated heterocycles. The van der Waals surface area contributed by atoms with Gasteiger partial charge < -0.3 is 0 Å². The van der Waals surface area contributed by atoms with Gasteiger partial charge in [-0.1, -0.05) is 36.0 Å². The van der Waals surface area contributed by atoms with Gasteiger partial charge in [-0.2, -0.15) is 0 Å². The highest BCUT2D eigenvalue weighted by Crippen LogP contribution is 2.41. The summed E-state index contributed by atoms with van der Waals surface area (Å²) in [5.74, 6) is 0.347. The smallest absolute Gasteiger partial charge is 0.269 e. The highest BCUT2D eigenvalue weighted by Gasteiger charge is 2.30. The van der Waals surface area contributed by atoms with Crippen LogP contribution in [0.1, 0.15) is 29.2 Å². The summed E-state index contributed by atoms with van der Waals surface area (Å²) in [5.41, 5.74) is 5.34. The van der Waals surface area contributed by atoms with E-state index in [2.05, 4.69) is 25.6 Å². The van der Waals surface area contributed by atoms with E-state index in [4.69, 9.17) is 0 Å². The van der Waals surface area contributed by atoms with Gasteiger partial charge >= 0.3 is 0 Å². The fraction of sp³-hybridized carbons (Fsp3) is 0.222. The largest absolute Gasteiger partial charge is 0.298 e. The molecule has 0 bridgehead atoms. The Bertz CT molecular complexity index is 936. The van der Waals surface area contributed by atoms with Crippen molar-refractivity contribution >= 4 is 34.9 Å². The number of carbonyl (C=O) groups is 2. The van der Waals surface area contributed by atoms with E-state index in [9.17, 15) is 9.59 Å². The van der Waals surface area contributed by atoms with Crippen LogP contribution in [0.15, 0.2) is 53.0 Å². The van der Waals surface area contributed by atoms with Crippen LogP contribution in [0.5, 0.6) is 0 Å². The van der Waals surface area contributed by atoms with Crippen molar-refractivity contribution in [2.75, 3.05) is 5.75 Å². The second-order valence-electron chi connectivity index (χ2n) is 6.04. The molecule has 0 atom stereocenters. The van der Waals surface area contributed by atoms with Crippen LogP contribution in [0.25, 0.3) is 10.7 Å². The highest BCUT2D eigenvalue weighted by molar-refractivity contribution is 7.99. The Kier molecular flexibility index (Phi) is 5.21. The van der Waals surface area contributed by atoms with Gasteiger partial charge in [0.1, 0.15) is 0 Å². The van der Waals surface area contributed by atoms with E-state index in [1.54, 1.807) is 35.6 Å². The Morgan fingerprint density at radius 1 is 1.11 bits per heavy atom. The molecule has 27 heavy (non-hydrogen) atoms. The maximum Gasteiger partial charge on any atom is 0.269 e. The number of thiophene rings is 1. The third-order valence-electron chi connectivity index (χ3n) is 4.00. The summed E-state index contributed by atoms with van der Waals surface area (Å²) in [5, 5.41) is 11.3. The first kappa shape index (κ1) is 17.7. The second-order valence-corrected chi connectivity index (χ2v) is 7.93. The summed E-state index contributed by atoms with van der Waals surface area (Å²) in [6.45, 7) is 0. The van der Waals surface area contributed by atoms with Crippen molar-refractivity contribution < 1.29 is 9.59 Å². The molecular weight excluding hydrogens is 382 g/mol. The molecule has 2 heterocycles. The lowest BCUT2D eigenvalue weighted by molar-refractivity contribution is -0.119. The van der Waals surface area contributed by atoms with Crippen LogP contribution in [-0.2, 0) is 4.79 Å². The second kappa shape index (κ2) is 7.93. The monoisotopic (exact) mass is 399 g/mol. The number of amides is 2. The Morgan fingerprint density at radius 2 is 1.93 bits per heavy atom. The molecule has 0 radical (unpaired) electrons. The van der Waals surface area contributed by atoms with Crippen molar-refractivity contribution in [2.45, 2.75) is 24.0 Å². The van der Waals surface area contributed by atoms with Gasteiger partial charge in [-0.05, 0) is 36.4 Å². The Balaban J connectivity index is 1.35. The molecule has 4 rings (SSSR count). The molecule has 7 nitrogen and oxygen atoms in total. The number of hydrogen-bond acceptors (Lipinski definition) is 6. The molecule has 0 unspecified atom stereocenters. The van der Waals surface area contributed by atoms with Gasteiger partial charge in [0.05, 0.1) is 10.6 Å². The molecule has 2 amide bonds. The Hall–Kier alpha value is -2.65. The molecule has 1 fully saturated rings. The third-order valence-corrected chi connectivity index (χ3v) is 5.81. The van der Waals surface area contributed by atoms with Gasteiger partial charge in [0, 0.05) is 11.6 Å². The summed E-state index contributed by atoms with van der Waals surface area (Å²) < 4.78 is 2.12. The van der Waals surface area contributed by atoms with Gasteiger partial charge in [-0.15, -0.1) is 21.5 Å². The number of hydrazine groups is 1. The number of rotatable bonds is 6. The van der Waals surface area contributed by atoms with Crippen molar-refractivity contribution in [3.05, 3.63) is 53.4 Å². The quantitative estimate of drug-likeness (QED) is 0.491. The normalized spacial score (nSPS) is 13.3. The molecule has 9 heteroatoms. The molecule has 1 aliphatic carbocycles. The molecule has 2 aromatic heterocycles. The highest BCUT2D eigenvalue weighted by atomic mass is 32.2. The molecule has 0 aliphatic heterocycles. The summed E-state index contributed by atoms with van der Waals surface area (Å²) in [7, 11) is 0. The zero-order valence-corrected chi connectivity index (χ0v) is 15.9. The first-order valence-corrected chi connectivity index (χ1v) is 10.3. The average molecular weight is 400 g/mol. The first-order valence-electron chi connectivity index (χ1n) is 8.48. The van der Waals surface area contributed by atoms with Crippen molar-refractivity contribution in [1.82, 2.24) is 25.6 Å². The summed E-state index contributed by atoms with van der Waals surface area (Å²) >= 11 is 2.94. The van der Waals surface area contributed by atoms with E-state index >= 15 is 0 Å². The summed E-state index contributed by atoms with van der Waals surface area (Å²) in [4.78, 5) is 25.1. The summed E-state index contributed by atoms with van der Waals surface area (Å²) in [6, 6.07) is 13.1. The van der Waals surface area contributed by atoms with Gasteiger partial charge in [0.25, 0.3) is 5.91 Å². The molecule has 2 N–H and O–H groups in total. The van der Waals surface area contributed by atoms with Gasteiger partial charge in [0.15, 0.2) is 11.0 Å². The Labute approximate surface area is 164 Å². The standard InChI is InChI=1S/C18H17N5O2S2/c24-15(19-21-17(25)12-5-2-1-3-6-12)11-27-18-22-20-16(14-7-4-10-26-14)23(18)13-8-9-13/h1-7,10,13H,8-9,11H2,(H,19,24)(H,21,25). The molecule has 0 spiro atoms. The van der Waals surface area contributed by atoms with Crippen LogP contribution >= 0.6 is 23.1 Å². The van der Waals surface area contributed by atoms with E-state index in [-0.39, 0.29) is 17.6 Å². The Morgan fingerprint density at radius 3 is 2.63 bits per heavy atom. The molecule has 3 aromatic rings. The molecule has 1 saturated carbocycles. The molecule has 1 aromatic carbocycles. The fourth-order valence-corrected chi connectivity index (χ4v) is 4.08. The maximum atomic E-state index is 12.1. The van der Waals surface area contributed by atoms with Crippen LogP contribution in [0, 0.1) is 0 Å². The van der Waals surface area contributed by atoms with Gasteiger partial charge in [0.2, 0.25) is 5.91 Å². The van der Waals surface area contributed by atoms with Crippen LogP contribution < -0.4 is 10.9 Å². The van der Waals surface area contributed by atoms with E-state index in [1.807, 2.05) is 23.6 Å². The minimum atomic E-state index is -0.352. The van der Waals surface area contributed by atoms with Crippen molar-refractivity contribution in [3.63, 3.8) is 0 Å². The van der Waals surface area contributed by atoms with E-state index in [0.29, 0.717) is 11.6 Å². The van der Waals surface area contributed by atoms with Crippen LogP contribution in [0.4, 0.5) is 0 Å². The molecule has 138 valence electrons. The number of carbonyl (C=O) groups excluding carboxylic acids is 2. The van der Waals surface area contributed by atoms with Gasteiger partial charge in [-0.25, -0.2) is 0 Å². The van der Waals surface area contributed by atoms with Crippen molar-refractivity contribution in [3.8, 4) is 10.7 Å². The number of aromatic nitrogens is 3. The number of hydrogen-bond donors (Lipinski definition) is 2. The zero-order chi connectivity index (χ0) is 18.6. The van der Waals surface area contributed by atoms with Crippen molar-refractivity contribution in [2.24, 2.45) is 0 Å². The molecule has 1 aliphatic rings. The van der Waals surface area contributed by atoms with Crippen LogP contribution in [0.2, 0.25) is 0 Å². The minimum absolute atomic E-state index is 0.143. The van der Waals surface area contributed by atoms with Crippen molar-refractivity contribution in [1.29, 1.82) is 0 Å². The number of thioether (sulfide) groups is 1.